The number of methoxy groups -OCH3 is 1. The van der Waals surface area contributed by atoms with Crippen LogP contribution in [-0.2, 0) is 27.4 Å². The van der Waals surface area contributed by atoms with Gasteiger partial charge in [0.1, 0.15) is 12.6 Å². The molecule has 1 aliphatic heterocycles. The molecule has 0 N–H and O–H groups in total. The second-order valence-corrected chi connectivity index (χ2v) is 6.34. The lowest BCUT2D eigenvalue weighted by molar-refractivity contribution is -0.140. The first-order valence-corrected chi connectivity index (χ1v) is 8.69. The van der Waals surface area contributed by atoms with Crippen molar-refractivity contribution in [1.29, 1.82) is 0 Å². The van der Waals surface area contributed by atoms with Gasteiger partial charge < -0.3 is 14.4 Å². The normalized spacial score (nSPS) is 17.3. The minimum atomic E-state index is -0.451. The molecular weight excluding hydrogens is 354 g/mol. The summed E-state index contributed by atoms with van der Waals surface area (Å²) in [4.78, 5) is 31.7. The summed E-state index contributed by atoms with van der Waals surface area (Å²) in [5, 5.41) is 12.2. The summed E-state index contributed by atoms with van der Waals surface area (Å²) >= 11 is 0. The second-order valence-electron chi connectivity index (χ2n) is 6.34. The van der Waals surface area contributed by atoms with E-state index < -0.39 is 11.8 Å². The Morgan fingerprint density at radius 1 is 1.41 bits per heavy atom. The van der Waals surface area contributed by atoms with Crippen molar-refractivity contribution in [3.8, 4) is 0 Å². The molecule has 27 heavy (non-hydrogen) atoms. The van der Waals surface area contributed by atoms with Gasteiger partial charge in [0.15, 0.2) is 0 Å². The molecule has 1 aliphatic rings. The minimum absolute atomic E-state index is 0.0569. The zero-order valence-corrected chi connectivity index (χ0v) is 15.7. The molecule has 146 valence electrons. The molecule has 0 saturated carbocycles. The predicted octanol–water partition coefficient (Wildman–Crippen LogP) is -0.907. The molecule has 3 heterocycles. The van der Waals surface area contributed by atoms with Crippen LogP contribution in [0.25, 0.3) is 0 Å². The zero-order valence-electron chi connectivity index (χ0n) is 15.7. The monoisotopic (exact) mass is 377 g/mol. The van der Waals surface area contributed by atoms with Crippen LogP contribution in [0.3, 0.4) is 0 Å². The fraction of sp³-hybridized carbons (Fsp3) is 0.625. The Bertz CT molecular complexity index is 863. The molecule has 0 aromatic carbocycles. The SMILES string of the molecule is COCCn1nnc(C2CN(C(=O)Cn3c(C)cc(C)nc3=O)CCO2)n1. The highest BCUT2D eigenvalue weighted by Crippen LogP contribution is 2.18. The van der Waals surface area contributed by atoms with Crippen LogP contribution in [0.15, 0.2) is 10.9 Å². The largest absolute Gasteiger partial charge is 0.383 e. The van der Waals surface area contributed by atoms with E-state index in [4.69, 9.17) is 9.47 Å². The molecule has 1 unspecified atom stereocenters. The molecule has 1 fully saturated rings. The van der Waals surface area contributed by atoms with Crippen LogP contribution >= 0.6 is 0 Å². The standard InChI is InChI=1S/C16H23N7O4/c1-11-8-12(2)22(16(25)17-11)10-14(24)21-4-7-27-13(9-21)15-18-20-23(19-15)5-6-26-3/h8,13H,4-7,9-10H2,1-3H3. The Morgan fingerprint density at radius 3 is 2.96 bits per heavy atom. The van der Waals surface area contributed by atoms with Crippen molar-refractivity contribution in [3.05, 3.63) is 33.8 Å². The number of rotatable bonds is 6. The van der Waals surface area contributed by atoms with Crippen molar-refractivity contribution < 1.29 is 14.3 Å². The van der Waals surface area contributed by atoms with Gasteiger partial charge in [0.25, 0.3) is 0 Å². The molecule has 0 radical (unpaired) electrons. The molecule has 2 aromatic rings. The lowest BCUT2D eigenvalue weighted by atomic mass is 10.2. The van der Waals surface area contributed by atoms with Crippen molar-refractivity contribution in [2.75, 3.05) is 33.4 Å². The fourth-order valence-corrected chi connectivity index (χ4v) is 2.89. The van der Waals surface area contributed by atoms with Crippen LogP contribution in [0.2, 0.25) is 0 Å². The molecule has 2 aromatic heterocycles. The van der Waals surface area contributed by atoms with Crippen LogP contribution in [-0.4, -0.2) is 74.0 Å². The highest BCUT2D eigenvalue weighted by Gasteiger charge is 2.29. The third-order valence-corrected chi connectivity index (χ3v) is 4.31. The Kier molecular flexibility index (Phi) is 5.91. The van der Waals surface area contributed by atoms with Crippen LogP contribution in [0.4, 0.5) is 0 Å². The summed E-state index contributed by atoms with van der Waals surface area (Å²) in [5.74, 6) is 0.250. The summed E-state index contributed by atoms with van der Waals surface area (Å²) < 4.78 is 12.1. The summed E-state index contributed by atoms with van der Waals surface area (Å²) in [6.07, 6.45) is -0.451. The molecule has 0 aliphatic carbocycles. The van der Waals surface area contributed by atoms with E-state index in [1.165, 1.54) is 9.36 Å². The molecule has 0 bridgehead atoms. The Labute approximate surface area is 155 Å². The summed E-state index contributed by atoms with van der Waals surface area (Å²) in [7, 11) is 1.60. The highest BCUT2D eigenvalue weighted by molar-refractivity contribution is 5.76. The van der Waals surface area contributed by atoms with Gasteiger partial charge in [-0.15, -0.1) is 10.2 Å². The average molecular weight is 377 g/mol. The van der Waals surface area contributed by atoms with E-state index in [-0.39, 0.29) is 12.5 Å². The van der Waals surface area contributed by atoms with Crippen molar-refractivity contribution >= 4 is 5.91 Å². The molecule has 1 atom stereocenters. The number of nitrogens with zero attached hydrogens (tertiary/aromatic N) is 7. The number of carbonyl (C=O) groups excluding carboxylic acids is 1. The number of hydrogen-bond donors (Lipinski definition) is 0. The van der Waals surface area contributed by atoms with E-state index in [0.29, 0.717) is 50.1 Å². The molecule has 1 saturated heterocycles. The number of morpholine rings is 1. The number of aryl methyl sites for hydroxylation is 2. The van der Waals surface area contributed by atoms with E-state index in [9.17, 15) is 9.59 Å². The van der Waals surface area contributed by atoms with Gasteiger partial charge in [-0.2, -0.15) is 9.78 Å². The first-order chi connectivity index (χ1) is 13.0. The summed E-state index contributed by atoms with van der Waals surface area (Å²) in [5.41, 5.74) is 0.914. The topological polar surface area (TPSA) is 117 Å². The maximum atomic E-state index is 12.7. The van der Waals surface area contributed by atoms with Crippen molar-refractivity contribution in [2.24, 2.45) is 0 Å². The van der Waals surface area contributed by atoms with Gasteiger partial charge in [-0.3, -0.25) is 9.36 Å². The van der Waals surface area contributed by atoms with Gasteiger partial charge in [0.2, 0.25) is 11.7 Å². The van der Waals surface area contributed by atoms with Crippen LogP contribution in [0.1, 0.15) is 23.3 Å². The Balaban J connectivity index is 1.66. The van der Waals surface area contributed by atoms with Crippen molar-refractivity contribution in [3.63, 3.8) is 0 Å². The van der Waals surface area contributed by atoms with Gasteiger partial charge in [-0.25, -0.2) is 4.79 Å². The van der Waals surface area contributed by atoms with Gasteiger partial charge in [0, 0.05) is 25.0 Å². The fourth-order valence-electron chi connectivity index (χ4n) is 2.89. The Hall–Kier alpha value is -2.66. The first kappa shape index (κ1) is 19.1. The lowest BCUT2D eigenvalue weighted by Gasteiger charge is -2.31. The van der Waals surface area contributed by atoms with Crippen molar-refractivity contribution in [1.82, 2.24) is 34.7 Å². The summed E-state index contributed by atoms with van der Waals surface area (Å²) in [6.45, 7) is 5.56. The van der Waals surface area contributed by atoms with Gasteiger partial charge in [-0.05, 0) is 25.1 Å². The van der Waals surface area contributed by atoms with Gasteiger partial charge in [-0.1, -0.05) is 0 Å². The van der Waals surface area contributed by atoms with E-state index in [1.54, 1.807) is 31.9 Å². The van der Waals surface area contributed by atoms with E-state index in [1.807, 2.05) is 0 Å². The Morgan fingerprint density at radius 2 is 2.22 bits per heavy atom. The van der Waals surface area contributed by atoms with Gasteiger partial charge in [0.05, 0.1) is 26.3 Å². The summed E-state index contributed by atoms with van der Waals surface area (Å²) in [6, 6.07) is 1.78. The maximum absolute atomic E-state index is 12.7. The number of aromatic nitrogens is 6. The first-order valence-electron chi connectivity index (χ1n) is 8.69. The smallest absolute Gasteiger partial charge is 0.348 e. The average Bonchev–Trinajstić information content (AvgIpc) is 3.12. The molecule has 3 rings (SSSR count). The third kappa shape index (κ3) is 4.55. The highest BCUT2D eigenvalue weighted by atomic mass is 16.5. The number of carbonyl (C=O) groups is 1. The molecule has 0 spiro atoms. The molecule has 11 heteroatoms. The predicted molar refractivity (Wildman–Crippen MR) is 92.9 cm³/mol. The quantitative estimate of drug-likeness (QED) is 0.635. The van der Waals surface area contributed by atoms with Crippen LogP contribution in [0, 0.1) is 13.8 Å². The van der Waals surface area contributed by atoms with E-state index in [2.05, 4.69) is 20.4 Å². The molecular formula is C16H23N7O4. The maximum Gasteiger partial charge on any atom is 0.348 e. The zero-order chi connectivity index (χ0) is 19.4. The minimum Gasteiger partial charge on any atom is -0.383 e. The molecule has 1 amide bonds. The third-order valence-electron chi connectivity index (χ3n) is 4.31. The van der Waals surface area contributed by atoms with E-state index >= 15 is 0 Å². The lowest BCUT2D eigenvalue weighted by Crippen LogP contribution is -2.45. The van der Waals surface area contributed by atoms with Crippen molar-refractivity contribution in [2.45, 2.75) is 33.0 Å². The number of hydrogen-bond acceptors (Lipinski definition) is 8. The number of tetrazole rings is 1. The number of amides is 1. The number of ether oxygens (including phenoxy) is 2. The van der Waals surface area contributed by atoms with Gasteiger partial charge >= 0.3 is 5.69 Å². The van der Waals surface area contributed by atoms with Crippen LogP contribution in [0.5, 0.6) is 0 Å². The van der Waals surface area contributed by atoms with E-state index in [0.717, 1.165) is 0 Å². The van der Waals surface area contributed by atoms with Crippen LogP contribution < -0.4 is 5.69 Å². The molecule has 11 nitrogen and oxygen atoms in total. The second kappa shape index (κ2) is 8.35.